The maximum atomic E-state index is 4.94. The van der Waals surface area contributed by atoms with Crippen molar-refractivity contribution in [3.63, 3.8) is 0 Å². The van der Waals surface area contributed by atoms with Gasteiger partial charge in [0, 0.05) is 23.5 Å². The molecule has 0 saturated carbocycles. The van der Waals surface area contributed by atoms with Crippen LogP contribution >= 0.6 is 11.3 Å². The van der Waals surface area contributed by atoms with Crippen molar-refractivity contribution in [3.8, 4) is 0 Å². The molecule has 110 valence electrons. The first-order chi connectivity index (χ1) is 11.4. The molecule has 0 amide bonds. The van der Waals surface area contributed by atoms with Crippen LogP contribution in [0.3, 0.4) is 0 Å². The van der Waals surface area contributed by atoms with Crippen LogP contribution in [0.2, 0.25) is 0 Å². The number of pyridine rings is 1. The van der Waals surface area contributed by atoms with E-state index < -0.39 is 0 Å². The van der Waals surface area contributed by atoms with Crippen LogP contribution < -0.4 is 0 Å². The van der Waals surface area contributed by atoms with Gasteiger partial charge in [0.25, 0.3) is 0 Å². The van der Waals surface area contributed by atoms with Crippen molar-refractivity contribution in [1.82, 2.24) is 4.98 Å². The summed E-state index contributed by atoms with van der Waals surface area (Å²) in [6.07, 6.45) is 3.71. The molecule has 0 bridgehead atoms. The molecule has 0 atom stereocenters. The number of aromatic nitrogens is 1. The van der Waals surface area contributed by atoms with E-state index in [-0.39, 0.29) is 0 Å². The first kappa shape index (κ1) is 13.9. The molecule has 0 saturated heterocycles. The average Bonchev–Trinajstić information content (AvgIpc) is 3.04. The summed E-state index contributed by atoms with van der Waals surface area (Å²) in [5, 5.41) is 2.18. The fourth-order valence-corrected chi connectivity index (χ4v) is 3.43. The lowest BCUT2D eigenvalue weighted by molar-refractivity contribution is 1.37. The molecule has 0 spiro atoms. The Morgan fingerprint density at radius 3 is 2.09 bits per heavy atom. The Hall–Kier alpha value is -2.78. The molecule has 2 nitrogen and oxygen atoms in total. The number of nitrogens with zero attached hydrogens (tertiary/aromatic N) is 2. The summed E-state index contributed by atoms with van der Waals surface area (Å²) in [6.45, 7) is 0. The van der Waals surface area contributed by atoms with E-state index >= 15 is 0 Å². The Bertz CT molecular complexity index is 882. The fourth-order valence-electron chi connectivity index (χ4n) is 2.52. The highest BCUT2D eigenvalue weighted by atomic mass is 32.1. The van der Waals surface area contributed by atoms with E-state index in [4.69, 9.17) is 4.99 Å². The molecule has 0 N–H and O–H groups in total. The summed E-state index contributed by atoms with van der Waals surface area (Å²) in [4.78, 5) is 9.13. The zero-order valence-corrected chi connectivity index (χ0v) is 13.2. The van der Waals surface area contributed by atoms with Crippen LogP contribution in [0.25, 0.3) is 10.1 Å². The molecule has 0 aliphatic heterocycles. The molecule has 4 aromatic rings. The highest BCUT2D eigenvalue weighted by molar-refractivity contribution is 7.22. The smallest absolute Gasteiger partial charge is 0.117 e. The molecule has 0 radical (unpaired) electrons. The monoisotopic (exact) mass is 314 g/mol. The van der Waals surface area contributed by atoms with Crippen LogP contribution in [0.4, 0.5) is 5.00 Å². The standard InChI is InChI=1S/C20H14N2S/c1-3-7-15(8-4-1)20(16-9-5-2-6-10-16)22-19-13-17-11-12-21-14-18(17)23-19/h1-14H. The molecule has 0 aliphatic carbocycles. The zero-order valence-electron chi connectivity index (χ0n) is 12.4. The summed E-state index contributed by atoms with van der Waals surface area (Å²) < 4.78 is 1.16. The first-order valence-corrected chi connectivity index (χ1v) is 8.25. The quantitative estimate of drug-likeness (QED) is 0.461. The third-order valence-electron chi connectivity index (χ3n) is 3.63. The predicted molar refractivity (Wildman–Crippen MR) is 97.8 cm³/mol. The van der Waals surface area contributed by atoms with Gasteiger partial charge >= 0.3 is 0 Å². The van der Waals surface area contributed by atoms with E-state index in [1.54, 1.807) is 11.3 Å². The second kappa shape index (κ2) is 6.15. The topological polar surface area (TPSA) is 25.2 Å². The van der Waals surface area contributed by atoms with Crippen LogP contribution in [0, 0.1) is 0 Å². The highest BCUT2D eigenvalue weighted by Gasteiger charge is 2.08. The molecule has 3 heteroatoms. The van der Waals surface area contributed by atoms with E-state index in [9.17, 15) is 0 Å². The Morgan fingerprint density at radius 1 is 0.826 bits per heavy atom. The first-order valence-electron chi connectivity index (χ1n) is 7.43. The number of benzene rings is 2. The second-order valence-corrected chi connectivity index (χ2v) is 6.25. The molecule has 4 rings (SSSR count). The number of rotatable bonds is 3. The van der Waals surface area contributed by atoms with Crippen molar-refractivity contribution in [1.29, 1.82) is 0 Å². The number of aliphatic imine (C=N–C) groups is 1. The summed E-state index contributed by atoms with van der Waals surface area (Å²) in [5.74, 6) is 0. The molecule has 0 aliphatic rings. The Morgan fingerprint density at radius 2 is 1.48 bits per heavy atom. The lowest BCUT2D eigenvalue weighted by Crippen LogP contribution is -2.02. The lowest BCUT2D eigenvalue weighted by atomic mass is 10.0. The zero-order chi connectivity index (χ0) is 15.5. The Kier molecular flexibility index (Phi) is 3.70. The van der Waals surface area contributed by atoms with Gasteiger partial charge in [-0.25, -0.2) is 4.99 Å². The minimum absolute atomic E-state index is 0.991. The number of hydrogen-bond donors (Lipinski definition) is 0. The number of hydrogen-bond acceptors (Lipinski definition) is 3. The van der Waals surface area contributed by atoms with Gasteiger partial charge in [0.15, 0.2) is 0 Å². The molecular weight excluding hydrogens is 300 g/mol. The predicted octanol–water partition coefficient (Wildman–Crippen LogP) is 5.47. The third kappa shape index (κ3) is 2.91. The van der Waals surface area contributed by atoms with Gasteiger partial charge in [-0.15, -0.1) is 11.3 Å². The fraction of sp³-hybridized carbons (Fsp3) is 0. The van der Waals surface area contributed by atoms with Gasteiger partial charge in [-0.2, -0.15) is 0 Å². The summed E-state index contributed by atoms with van der Waals surface area (Å²) in [5.41, 5.74) is 3.23. The summed E-state index contributed by atoms with van der Waals surface area (Å²) in [7, 11) is 0. The Labute approximate surface area is 138 Å². The van der Waals surface area contributed by atoms with Crippen molar-refractivity contribution in [2.75, 3.05) is 0 Å². The lowest BCUT2D eigenvalue weighted by Gasteiger charge is -2.06. The van der Waals surface area contributed by atoms with Gasteiger partial charge in [-0.1, -0.05) is 60.7 Å². The van der Waals surface area contributed by atoms with Crippen molar-refractivity contribution < 1.29 is 0 Å². The minimum atomic E-state index is 0.991. The number of fused-ring (bicyclic) bond motifs is 1. The van der Waals surface area contributed by atoms with Crippen molar-refractivity contribution >= 4 is 32.1 Å². The largest absolute Gasteiger partial charge is 0.263 e. The maximum absolute atomic E-state index is 4.94. The van der Waals surface area contributed by atoms with Crippen molar-refractivity contribution in [2.45, 2.75) is 0 Å². The van der Waals surface area contributed by atoms with Crippen molar-refractivity contribution in [3.05, 3.63) is 96.3 Å². The van der Waals surface area contributed by atoms with Crippen LogP contribution in [-0.2, 0) is 0 Å². The van der Waals surface area contributed by atoms with Gasteiger partial charge in [-0.3, -0.25) is 4.98 Å². The van der Waals surface area contributed by atoms with Gasteiger partial charge in [-0.05, 0) is 17.5 Å². The van der Waals surface area contributed by atoms with E-state index in [1.165, 1.54) is 5.39 Å². The molecular formula is C20H14N2S. The SMILES string of the molecule is c1ccc(C(=Nc2cc3ccncc3s2)c2ccccc2)cc1. The molecule has 0 fully saturated rings. The van der Waals surface area contributed by atoms with Crippen molar-refractivity contribution in [2.24, 2.45) is 4.99 Å². The van der Waals surface area contributed by atoms with Crippen LogP contribution in [0.15, 0.2) is 90.2 Å². The van der Waals surface area contributed by atoms with Crippen LogP contribution in [0.1, 0.15) is 11.1 Å². The number of thiophene rings is 1. The van der Waals surface area contributed by atoms with E-state index in [1.807, 2.05) is 54.9 Å². The molecule has 2 heterocycles. The summed E-state index contributed by atoms with van der Waals surface area (Å²) >= 11 is 1.66. The normalized spacial score (nSPS) is 10.6. The van der Waals surface area contributed by atoms with Gasteiger partial charge in [0.05, 0.1) is 10.4 Å². The van der Waals surface area contributed by atoms with E-state index in [0.29, 0.717) is 0 Å². The highest BCUT2D eigenvalue weighted by Crippen LogP contribution is 2.32. The Balaban J connectivity index is 1.87. The molecule has 2 aromatic heterocycles. The minimum Gasteiger partial charge on any atom is -0.263 e. The molecule has 2 aromatic carbocycles. The maximum Gasteiger partial charge on any atom is 0.117 e. The summed E-state index contributed by atoms with van der Waals surface area (Å²) in [6, 6.07) is 24.8. The molecule has 0 unspecified atom stereocenters. The van der Waals surface area contributed by atoms with Gasteiger partial charge in [0.2, 0.25) is 0 Å². The second-order valence-electron chi connectivity index (χ2n) is 5.19. The third-order valence-corrected chi connectivity index (χ3v) is 4.61. The van der Waals surface area contributed by atoms with Gasteiger partial charge < -0.3 is 0 Å². The van der Waals surface area contributed by atoms with E-state index in [2.05, 4.69) is 35.3 Å². The van der Waals surface area contributed by atoms with Crippen LogP contribution in [-0.4, -0.2) is 10.7 Å². The average molecular weight is 314 g/mol. The van der Waals surface area contributed by atoms with Gasteiger partial charge in [0.1, 0.15) is 5.00 Å². The molecule has 23 heavy (non-hydrogen) atoms. The van der Waals surface area contributed by atoms with E-state index in [0.717, 1.165) is 26.5 Å². The van der Waals surface area contributed by atoms with Crippen LogP contribution in [0.5, 0.6) is 0 Å².